The number of carbonyl (C=O) groups excluding carboxylic acids is 2. The molecule has 1 atom stereocenters. The minimum absolute atomic E-state index is 0.0591. The Bertz CT molecular complexity index is 999. The maximum absolute atomic E-state index is 13.0. The van der Waals surface area contributed by atoms with Crippen molar-refractivity contribution in [2.24, 2.45) is 0 Å². The van der Waals surface area contributed by atoms with Crippen LogP contribution in [0.4, 0.5) is 0 Å². The number of ketones is 1. The summed E-state index contributed by atoms with van der Waals surface area (Å²) in [7, 11) is 5.29. The number of aryl methyl sites for hydroxylation is 1. The molecule has 7 heteroatoms. The topological polar surface area (TPSA) is 70.1 Å². The zero-order chi connectivity index (χ0) is 22.0. The second-order valence-electron chi connectivity index (χ2n) is 7.56. The Kier molecular flexibility index (Phi) is 6.48. The van der Waals surface area contributed by atoms with Gasteiger partial charge in [-0.1, -0.05) is 41.4 Å². The standard InChI is InChI=1S/C23H25ClN2O4/c1-14-5-7-15(8-6-14)20-19(22(28)23(29)26(20)12-11-25(2)3)21(27)16-9-10-18(30-4)17(24)13-16/h5-10,13,20,27H,11-12H2,1-4H3/t20-/m0/s1. The molecule has 1 aliphatic heterocycles. The molecule has 0 aromatic heterocycles. The van der Waals surface area contributed by atoms with Crippen molar-refractivity contribution in [2.75, 3.05) is 34.3 Å². The molecule has 0 saturated carbocycles. The Morgan fingerprint density at radius 3 is 2.40 bits per heavy atom. The third-order valence-corrected chi connectivity index (χ3v) is 5.44. The van der Waals surface area contributed by atoms with Crippen molar-refractivity contribution in [3.63, 3.8) is 0 Å². The average molecular weight is 429 g/mol. The fourth-order valence-electron chi connectivity index (χ4n) is 3.48. The van der Waals surface area contributed by atoms with Gasteiger partial charge in [-0.25, -0.2) is 0 Å². The van der Waals surface area contributed by atoms with Crippen LogP contribution >= 0.6 is 11.6 Å². The number of rotatable bonds is 6. The molecule has 0 aliphatic carbocycles. The zero-order valence-electron chi connectivity index (χ0n) is 17.5. The van der Waals surface area contributed by atoms with Gasteiger partial charge in [-0.2, -0.15) is 0 Å². The summed E-state index contributed by atoms with van der Waals surface area (Å²) in [6, 6.07) is 11.7. The Hall–Kier alpha value is -2.83. The first-order valence-corrected chi connectivity index (χ1v) is 9.96. The van der Waals surface area contributed by atoms with Crippen molar-refractivity contribution in [1.82, 2.24) is 9.80 Å². The second kappa shape index (κ2) is 8.90. The monoisotopic (exact) mass is 428 g/mol. The molecule has 30 heavy (non-hydrogen) atoms. The van der Waals surface area contributed by atoms with E-state index in [1.165, 1.54) is 18.1 Å². The number of methoxy groups -OCH3 is 1. The number of likely N-dealkylation sites (tertiary alicyclic amines) is 1. The molecule has 2 aromatic rings. The van der Waals surface area contributed by atoms with Crippen LogP contribution in [-0.2, 0) is 9.59 Å². The lowest BCUT2D eigenvalue weighted by molar-refractivity contribution is -0.140. The maximum atomic E-state index is 13.0. The minimum Gasteiger partial charge on any atom is -0.507 e. The molecule has 1 aliphatic rings. The van der Waals surface area contributed by atoms with Crippen molar-refractivity contribution in [3.8, 4) is 5.75 Å². The predicted molar refractivity (Wildman–Crippen MR) is 117 cm³/mol. The van der Waals surface area contributed by atoms with E-state index in [1.807, 2.05) is 50.2 Å². The number of ether oxygens (including phenoxy) is 1. The van der Waals surface area contributed by atoms with Gasteiger partial charge in [0, 0.05) is 18.7 Å². The highest BCUT2D eigenvalue weighted by Gasteiger charge is 2.45. The first kappa shape index (κ1) is 21.9. The lowest BCUT2D eigenvalue weighted by Gasteiger charge is -2.26. The van der Waals surface area contributed by atoms with E-state index in [2.05, 4.69) is 0 Å². The van der Waals surface area contributed by atoms with Gasteiger partial charge in [-0.3, -0.25) is 9.59 Å². The van der Waals surface area contributed by atoms with Gasteiger partial charge < -0.3 is 19.6 Å². The summed E-state index contributed by atoms with van der Waals surface area (Å²) in [5, 5.41) is 11.3. The summed E-state index contributed by atoms with van der Waals surface area (Å²) in [6.45, 7) is 2.91. The number of hydrogen-bond acceptors (Lipinski definition) is 5. The van der Waals surface area contributed by atoms with E-state index in [4.69, 9.17) is 16.3 Å². The van der Waals surface area contributed by atoms with Gasteiger partial charge in [0.15, 0.2) is 0 Å². The fraction of sp³-hybridized carbons (Fsp3) is 0.304. The summed E-state index contributed by atoms with van der Waals surface area (Å²) in [5.74, 6) is -1.13. The first-order valence-electron chi connectivity index (χ1n) is 9.58. The predicted octanol–water partition coefficient (Wildman–Crippen LogP) is 3.64. The molecule has 0 unspecified atom stereocenters. The van der Waals surface area contributed by atoms with Crippen LogP contribution in [0.15, 0.2) is 48.0 Å². The van der Waals surface area contributed by atoms with Crippen LogP contribution < -0.4 is 4.74 Å². The summed E-state index contributed by atoms with van der Waals surface area (Å²) < 4.78 is 5.15. The largest absolute Gasteiger partial charge is 0.507 e. The second-order valence-corrected chi connectivity index (χ2v) is 7.96. The normalized spacial score (nSPS) is 18.3. The Morgan fingerprint density at radius 2 is 1.83 bits per heavy atom. The van der Waals surface area contributed by atoms with Crippen LogP contribution in [0.3, 0.4) is 0 Å². The van der Waals surface area contributed by atoms with Crippen molar-refractivity contribution in [1.29, 1.82) is 0 Å². The molecule has 3 rings (SSSR count). The molecule has 6 nitrogen and oxygen atoms in total. The minimum atomic E-state index is -0.705. The molecule has 0 spiro atoms. The molecule has 1 saturated heterocycles. The smallest absolute Gasteiger partial charge is 0.295 e. The molecule has 158 valence electrons. The van der Waals surface area contributed by atoms with E-state index >= 15 is 0 Å². The van der Waals surface area contributed by atoms with Gasteiger partial charge >= 0.3 is 0 Å². The number of carbonyl (C=O) groups is 2. The number of halogens is 1. The number of nitrogens with zero attached hydrogens (tertiary/aromatic N) is 2. The molecule has 1 fully saturated rings. The van der Waals surface area contributed by atoms with E-state index in [1.54, 1.807) is 12.1 Å². The van der Waals surface area contributed by atoms with Gasteiger partial charge in [0.2, 0.25) is 0 Å². The number of aliphatic hydroxyl groups excluding tert-OH is 1. The SMILES string of the molecule is COc1ccc(C(O)=C2C(=O)C(=O)N(CCN(C)C)[C@H]2c2ccc(C)cc2)cc1Cl. The molecule has 2 aromatic carbocycles. The highest BCUT2D eigenvalue weighted by atomic mass is 35.5. The summed E-state index contributed by atoms with van der Waals surface area (Å²) in [5.41, 5.74) is 2.23. The summed E-state index contributed by atoms with van der Waals surface area (Å²) in [4.78, 5) is 29.3. The molecule has 1 N–H and O–H groups in total. The van der Waals surface area contributed by atoms with E-state index in [-0.39, 0.29) is 11.3 Å². The van der Waals surface area contributed by atoms with Crippen LogP contribution in [0.5, 0.6) is 5.75 Å². The van der Waals surface area contributed by atoms with Gasteiger partial charge in [0.25, 0.3) is 11.7 Å². The molecule has 0 radical (unpaired) electrons. The third kappa shape index (κ3) is 4.20. The molecule has 1 heterocycles. The Labute approximate surface area is 181 Å². The molecular weight excluding hydrogens is 404 g/mol. The Balaban J connectivity index is 2.14. The van der Waals surface area contributed by atoms with Gasteiger partial charge in [-0.05, 0) is 44.8 Å². The van der Waals surface area contributed by atoms with E-state index in [9.17, 15) is 14.7 Å². The molecule has 0 bridgehead atoms. The van der Waals surface area contributed by atoms with E-state index < -0.39 is 17.7 Å². The van der Waals surface area contributed by atoms with Crippen molar-refractivity contribution >= 4 is 29.1 Å². The zero-order valence-corrected chi connectivity index (χ0v) is 18.2. The quantitative estimate of drug-likeness (QED) is 0.432. The van der Waals surface area contributed by atoms with Crippen LogP contribution in [-0.4, -0.2) is 60.9 Å². The Morgan fingerprint density at radius 1 is 1.17 bits per heavy atom. The average Bonchev–Trinajstić information content (AvgIpc) is 2.96. The maximum Gasteiger partial charge on any atom is 0.295 e. The highest BCUT2D eigenvalue weighted by molar-refractivity contribution is 6.46. The lowest BCUT2D eigenvalue weighted by atomic mass is 9.94. The number of benzene rings is 2. The van der Waals surface area contributed by atoms with E-state index in [0.717, 1.165) is 11.1 Å². The third-order valence-electron chi connectivity index (χ3n) is 5.15. The number of likely N-dealkylation sites (N-methyl/N-ethyl adjacent to an activating group) is 1. The van der Waals surface area contributed by atoms with Crippen molar-refractivity contribution in [2.45, 2.75) is 13.0 Å². The van der Waals surface area contributed by atoms with Crippen LogP contribution in [0, 0.1) is 6.92 Å². The van der Waals surface area contributed by atoms with Crippen LogP contribution in [0.2, 0.25) is 5.02 Å². The molecule has 1 amide bonds. The summed E-state index contributed by atoms with van der Waals surface area (Å²) >= 11 is 6.20. The van der Waals surface area contributed by atoms with Crippen molar-refractivity contribution in [3.05, 3.63) is 69.8 Å². The number of amides is 1. The van der Waals surface area contributed by atoms with Gasteiger partial charge in [0.1, 0.15) is 11.5 Å². The number of aliphatic hydroxyl groups is 1. The van der Waals surface area contributed by atoms with Gasteiger partial charge in [0.05, 0.1) is 23.7 Å². The number of hydrogen-bond donors (Lipinski definition) is 1. The van der Waals surface area contributed by atoms with Crippen LogP contribution in [0.1, 0.15) is 22.7 Å². The van der Waals surface area contributed by atoms with E-state index in [0.29, 0.717) is 29.4 Å². The van der Waals surface area contributed by atoms with Crippen molar-refractivity contribution < 1.29 is 19.4 Å². The lowest BCUT2D eigenvalue weighted by Crippen LogP contribution is -2.35. The number of Topliss-reactive ketones (excluding diaryl/α,β-unsaturated/α-hetero) is 1. The van der Waals surface area contributed by atoms with Crippen LogP contribution in [0.25, 0.3) is 5.76 Å². The molecular formula is C23H25ClN2O4. The first-order chi connectivity index (χ1) is 14.2. The summed E-state index contributed by atoms with van der Waals surface area (Å²) in [6.07, 6.45) is 0. The fourth-order valence-corrected chi connectivity index (χ4v) is 3.74. The van der Waals surface area contributed by atoms with Gasteiger partial charge in [-0.15, -0.1) is 0 Å². The highest BCUT2D eigenvalue weighted by Crippen LogP contribution is 2.40.